The zero-order valence-electron chi connectivity index (χ0n) is 22.8. The van der Waals surface area contributed by atoms with Gasteiger partial charge in [0, 0.05) is 23.1 Å². The van der Waals surface area contributed by atoms with Crippen molar-refractivity contribution in [3.05, 3.63) is 92.4 Å². The summed E-state index contributed by atoms with van der Waals surface area (Å²) >= 11 is 24.5. The standard InChI is InChI=1S/C29H31Cl4N3O4S/c1-4-27(29(38)34-16-19(2)3)35(17-20-8-13-25(32)26(33)14-20)28(37)18-36(23-7-5-6-22(31)15-23)41(39,40)24-11-9-21(30)10-12-24/h5-15,19,27H,4,16-18H2,1-3H3,(H,34,38)/t27-/m1/s1. The van der Waals surface area contributed by atoms with Gasteiger partial charge >= 0.3 is 0 Å². The lowest BCUT2D eigenvalue weighted by Gasteiger charge is -2.33. The van der Waals surface area contributed by atoms with Crippen molar-refractivity contribution in [2.24, 2.45) is 5.92 Å². The topological polar surface area (TPSA) is 86.8 Å². The van der Waals surface area contributed by atoms with Crippen LogP contribution in [0.1, 0.15) is 32.8 Å². The summed E-state index contributed by atoms with van der Waals surface area (Å²) in [6.45, 7) is 5.53. The van der Waals surface area contributed by atoms with Gasteiger partial charge in [0.15, 0.2) is 0 Å². The Kier molecular flexibility index (Phi) is 11.8. The zero-order valence-corrected chi connectivity index (χ0v) is 26.6. The number of anilines is 1. The molecule has 2 amide bonds. The molecular formula is C29H31Cl4N3O4S. The van der Waals surface area contributed by atoms with Crippen LogP contribution in [0, 0.1) is 5.92 Å². The van der Waals surface area contributed by atoms with Crippen LogP contribution in [-0.2, 0) is 26.2 Å². The number of nitrogens with one attached hydrogen (secondary N) is 1. The molecule has 3 aromatic carbocycles. The highest BCUT2D eigenvalue weighted by Gasteiger charge is 2.34. The summed E-state index contributed by atoms with van der Waals surface area (Å²) in [6, 6.07) is 15.9. The summed E-state index contributed by atoms with van der Waals surface area (Å²) in [5.74, 6) is -0.747. The molecule has 0 fully saturated rings. The van der Waals surface area contributed by atoms with Crippen molar-refractivity contribution in [1.29, 1.82) is 0 Å². The Labute approximate surface area is 261 Å². The number of amides is 2. The van der Waals surface area contributed by atoms with Gasteiger partial charge < -0.3 is 10.2 Å². The van der Waals surface area contributed by atoms with E-state index >= 15 is 0 Å². The van der Waals surface area contributed by atoms with Gasteiger partial charge in [-0.2, -0.15) is 0 Å². The van der Waals surface area contributed by atoms with E-state index in [0.717, 1.165) is 4.31 Å². The first-order valence-electron chi connectivity index (χ1n) is 12.9. The first-order chi connectivity index (χ1) is 19.3. The summed E-state index contributed by atoms with van der Waals surface area (Å²) in [6.07, 6.45) is 0.290. The molecule has 0 aliphatic rings. The molecule has 220 valence electrons. The Morgan fingerprint density at radius 2 is 1.56 bits per heavy atom. The predicted octanol–water partition coefficient (Wildman–Crippen LogP) is 7.08. The van der Waals surface area contributed by atoms with E-state index in [1.54, 1.807) is 43.3 Å². The fourth-order valence-corrected chi connectivity index (χ4v) is 6.11. The van der Waals surface area contributed by atoms with Crippen LogP contribution in [0.15, 0.2) is 71.6 Å². The second kappa shape index (κ2) is 14.6. The second-order valence-electron chi connectivity index (χ2n) is 9.78. The highest BCUT2D eigenvalue weighted by atomic mass is 35.5. The van der Waals surface area contributed by atoms with Crippen LogP contribution < -0.4 is 9.62 Å². The van der Waals surface area contributed by atoms with Crippen molar-refractivity contribution < 1.29 is 18.0 Å². The van der Waals surface area contributed by atoms with Gasteiger partial charge in [0.05, 0.1) is 20.6 Å². The van der Waals surface area contributed by atoms with Crippen LogP contribution in [-0.4, -0.2) is 44.3 Å². The van der Waals surface area contributed by atoms with E-state index in [2.05, 4.69) is 5.32 Å². The van der Waals surface area contributed by atoms with E-state index in [1.165, 1.54) is 35.2 Å². The third-order valence-corrected chi connectivity index (χ3v) is 9.20. The molecule has 0 unspecified atom stereocenters. The number of nitrogens with zero attached hydrogens (tertiary/aromatic N) is 2. The molecule has 3 rings (SSSR count). The monoisotopic (exact) mass is 657 g/mol. The van der Waals surface area contributed by atoms with Gasteiger partial charge in [-0.3, -0.25) is 13.9 Å². The lowest BCUT2D eigenvalue weighted by Crippen LogP contribution is -2.52. The van der Waals surface area contributed by atoms with Gasteiger partial charge in [0.25, 0.3) is 10.0 Å². The molecule has 7 nitrogen and oxygen atoms in total. The summed E-state index contributed by atoms with van der Waals surface area (Å²) in [4.78, 5) is 28.6. The van der Waals surface area contributed by atoms with Crippen LogP contribution >= 0.6 is 46.4 Å². The highest BCUT2D eigenvalue weighted by Crippen LogP contribution is 2.28. The van der Waals surface area contributed by atoms with Crippen molar-refractivity contribution in [2.45, 2.75) is 44.7 Å². The quantitative estimate of drug-likeness (QED) is 0.225. The molecule has 0 aliphatic heterocycles. The van der Waals surface area contributed by atoms with Crippen LogP contribution in [0.4, 0.5) is 5.69 Å². The number of halogens is 4. The third-order valence-electron chi connectivity index (χ3n) is 6.18. The van der Waals surface area contributed by atoms with Gasteiger partial charge in [-0.05, 0) is 72.5 Å². The molecule has 41 heavy (non-hydrogen) atoms. The maximum absolute atomic E-state index is 14.1. The Hall–Kier alpha value is -2.49. The molecular weight excluding hydrogens is 628 g/mol. The van der Waals surface area contributed by atoms with Crippen molar-refractivity contribution in [3.8, 4) is 0 Å². The minimum Gasteiger partial charge on any atom is -0.354 e. The summed E-state index contributed by atoms with van der Waals surface area (Å²) in [5.41, 5.74) is 0.810. The van der Waals surface area contributed by atoms with E-state index in [1.807, 2.05) is 13.8 Å². The molecule has 0 aromatic heterocycles. The maximum Gasteiger partial charge on any atom is 0.264 e. The lowest BCUT2D eigenvalue weighted by atomic mass is 10.1. The van der Waals surface area contributed by atoms with Gasteiger partial charge in [0.1, 0.15) is 12.6 Å². The van der Waals surface area contributed by atoms with Crippen molar-refractivity contribution in [3.63, 3.8) is 0 Å². The molecule has 0 radical (unpaired) electrons. The Balaban J connectivity index is 2.06. The Bertz CT molecular complexity index is 1480. The van der Waals surface area contributed by atoms with E-state index < -0.39 is 28.5 Å². The van der Waals surface area contributed by atoms with Gasteiger partial charge in [0.2, 0.25) is 11.8 Å². The van der Waals surface area contributed by atoms with Crippen molar-refractivity contribution in [2.75, 3.05) is 17.4 Å². The zero-order chi connectivity index (χ0) is 30.3. The SMILES string of the molecule is CC[C@H](C(=O)NCC(C)C)N(Cc1ccc(Cl)c(Cl)c1)C(=O)CN(c1cccc(Cl)c1)S(=O)(=O)c1ccc(Cl)cc1. The minimum atomic E-state index is -4.25. The average Bonchev–Trinajstić information content (AvgIpc) is 2.92. The molecule has 1 atom stereocenters. The smallest absolute Gasteiger partial charge is 0.264 e. The summed E-state index contributed by atoms with van der Waals surface area (Å²) in [7, 11) is -4.25. The summed E-state index contributed by atoms with van der Waals surface area (Å²) < 4.78 is 28.7. The van der Waals surface area contributed by atoms with Crippen molar-refractivity contribution >= 4 is 73.9 Å². The van der Waals surface area contributed by atoms with E-state index in [-0.39, 0.29) is 35.4 Å². The summed E-state index contributed by atoms with van der Waals surface area (Å²) in [5, 5.41) is 4.17. The molecule has 0 spiro atoms. The number of carbonyl (C=O) groups excluding carboxylic acids is 2. The Morgan fingerprint density at radius 1 is 0.878 bits per heavy atom. The third kappa shape index (κ3) is 8.75. The predicted molar refractivity (Wildman–Crippen MR) is 166 cm³/mol. The number of carbonyl (C=O) groups is 2. The molecule has 0 saturated carbocycles. The van der Waals surface area contributed by atoms with Gasteiger partial charge in [-0.15, -0.1) is 0 Å². The molecule has 0 saturated heterocycles. The largest absolute Gasteiger partial charge is 0.354 e. The molecule has 0 heterocycles. The van der Waals surface area contributed by atoms with Crippen LogP contribution in [0.3, 0.4) is 0 Å². The van der Waals surface area contributed by atoms with E-state index in [9.17, 15) is 18.0 Å². The number of benzene rings is 3. The van der Waals surface area contributed by atoms with E-state index in [0.29, 0.717) is 32.2 Å². The number of sulfonamides is 1. The normalized spacial score (nSPS) is 12.2. The number of rotatable bonds is 12. The molecule has 3 aromatic rings. The van der Waals surface area contributed by atoms with Crippen LogP contribution in [0.5, 0.6) is 0 Å². The first kappa shape index (κ1) is 33.0. The maximum atomic E-state index is 14.1. The lowest BCUT2D eigenvalue weighted by molar-refractivity contribution is -0.140. The molecule has 0 aliphatic carbocycles. The van der Waals surface area contributed by atoms with Gasteiger partial charge in [-0.25, -0.2) is 8.42 Å². The average molecular weight is 659 g/mol. The molecule has 1 N–H and O–H groups in total. The first-order valence-corrected chi connectivity index (χ1v) is 15.8. The number of hydrogen-bond acceptors (Lipinski definition) is 4. The van der Waals surface area contributed by atoms with E-state index in [4.69, 9.17) is 46.4 Å². The minimum absolute atomic E-state index is 0.00624. The van der Waals surface area contributed by atoms with Crippen molar-refractivity contribution in [1.82, 2.24) is 10.2 Å². The van der Waals surface area contributed by atoms with Crippen LogP contribution in [0.25, 0.3) is 0 Å². The molecule has 0 bridgehead atoms. The Morgan fingerprint density at radius 3 is 2.15 bits per heavy atom. The fourth-order valence-electron chi connectivity index (χ4n) is 4.07. The second-order valence-corrected chi connectivity index (χ2v) is 13.3. The molecule has 12 heteroatoms. The van der Waals surface area contributed by atoms with Gasteiger partial charge in [-0.1, -0.05) is 79.3 Å². The fraction of sp³-hybridized carbons (Fsp3) is 0.310. The number of hydrogen-bond donors (Lipinski definition) is 1. The highest BCUT2D eigenvalue weighted by molar-refractivity contribution is 7.92. The van der Waals surface area contributed by atoms with Crippen LogP contribution in [0.2, 0.25) is 20.1 Å².